The Labute approximate surface area is 131 Å². The summed E-state index contributed by atoms with van der Waals surface area (Å²) >= 11 is 0. The molecule has 2 aromatic rings. The van der Waals surface area contributed by atoms with Crippen LogP contribution in [0, 0.1) is 0 Å². The highest BCUT2D eigenvalue weighted by Crippen LogP contribution is 2.18. The molecule has 0 fully saturated rings. The second-order valence-corrected chi connectivity index (χ2v) is 6.86. The third-order valence-corrected chi connectivity index (χ3v) is 3.63. The van der Waals surface area contributed by atoms with Gasteiger partial charge in [-0.15, -0.1) is 0 Å². The van der Waals surface area contributed by atoms with Gasteiger partial charge in [-0.05, 0) is 31.4 Å². The predicted octanol–water partition coefficient (Wildman–Crippen LogP) is 2.50. The number of aromatic nitrogens is 2. The molecule has 120 valence electrons. The second-order valence-electron chi connectivity index (χ2n) is 5.11. The Morgan fingerprint density at radius 2 is 2.14 bits per heavy atom. The number of unbranched alkanes of at least 4 members (excludes halogenated alkanes) is 2. The summed E-state index contributed by atoms with van der Waals surface area (Å²) in [5, 5.41) is 0. The molecule has 0 bridgehead atoms. The van der Waals surface area contributed by atoms with Gasteiger partial charge in [-0.3, -0.25) is 4.72 Å². The van der Waals surface area contributed by atoms with Crippen LogP contribution in [-0.4, -0.2) is 30.8 Å². The van der Waals surface area contributed by atoms with E-state index >= 15 is 0 Å². The first-order valence-electron chi connectivity index (χ1n) is 7.19. The monoisotopic (exact) mass is 323 g/mol. The fraction of sp³-hybridized carbons (Fsp3) is 0.400. The number of nitrogens with one attached hydrogen (secondary N) is 1. The SMILES string of the molecule is CS(=O)(=O)Nc1cccc(OCCCCCn2ccnc2)c1. The minimum absolute atomic E-state index is 0.514. The van der Waals surface area contributed by atoms with E-state index in [1.54, 1.807) is 24.4 Å². The third-order valence-electron chi connectivity index (χ3n) is 3.03. The molecule has 22 heavy (non-hydrogen) atoms. The van der Waals surface area contributed by atoms with Crippen molar-refractivity contribution in [2.24, 2.45) is 0 Å². The first kappa shape index (κ1) is 16.4. The molecule has 1 heterocycles. The number of hydrogen-bond acceptors (Lipinski definition) is 4. The maximum absolute atomic E-state index is 11.2. The first-order valence-corrected chi connectivity index (χ1v) is 9.08. The smallest absolute Gasteiger partial charge is 0.229 e. The predicted molar refractivity (Wildman–Crippen MR) is 86.5 cm³/mol. The molecule has 0 aliphatic carbocycles. The Hall–Kier alpha value is -2.02. The highest BCUT2D eigenvalue weighted by Gasteiger charge is 2.03. The molecule has 0 unspecified atom stereocenters. The number of benzene rings is 1. The molecule has 0 aliphatic rings. The zero-order chi connectivity index (χ0) is 15.8. The lowest BCUT2D eigenvalue weighted by molar-refractivity contribution is 0.304. The Bertz CT molecular complexity index is 669. The van der Waals surface area contributed by atoms with Crippen LogP contribution < -0.4 is 9.46 Å². The average molecular weight is 323 g/mol. The zero-order valence-corrected chi connectivity index (χ0v) is 13.4. The average Bonchev–Trinajstić information content (AvgIpc) is 2.94. The van der Waals surface area contributed by atoms with Crippen molar-refractivity contribution >= 4 is 15.7 Å². The van der Waals surface area contributed by atoms with Gasteiger partial charge in [-0.2, -0.15) is 0 Å². The summed E-state index contributed by atoms with van der Waals surface area (Å²) in [6, 6.07) is 6.96. The van der Waals surface area contributed by atoms with Gasteiger partial charge in [0.05, 0.1) is 24.9 Å². The molecule has 1 N–H and O–H groups in total. The van der Waals surface area contributed by atoms with Gasteiger partial charge in [0.2, 0.25) is 10.0 Å². The largest absolute Gasteiger partial charge is 0.494 e. The van der Waals surface area contributed by atoms with Crippen molar-refractivity contribution in [1.29, 1.82) is 0 Å². The molecule has 1 aromatic carbocycles. The summed E-state index contributed by atoms with van der Waals surface area (Å²) in [6.07, 6.45) is 9.78. The Balaban J connectivity index is 1.67. The number of ether oxygens (including phenoxy) is 1. The van der Waals surface area contributed by atoms with E-state index in [4.69, 9.17) is 4.74 Å². The van der Waals surface area contributed by atoms with Crippen molar-refractivity contribution in [3.05, 3.63) is 43.0 Å². The molecule has 0 saturated heterocycles. The lowest BCUT2D eigenvalue weighted by Gasteiger charge is -2.09. The number of anilines is 1. The highest BCUT2D eigenvalue weighted by atomic mass is 32.2. The third kappa shape index (κ3) is 6.17. The van der Waals surface area contributed by atoms with Gasteiger partial charge >= 0.3 is 0 Å². The maximum atomic E-state index is 11.2. The van der Waals surface area contributed by atoms with Gasteiger partial charge in [-0.1, -0.05) is 6.07 Å². The van der Waals surface area contributed by atoms with Crippen molar-refractivity contribution in [2.45, 2.75) is 25.8 Å². The fourth-order valence-electron chi connectivity index (χ4n) is 2.05. The number of imidazole rings is 1. The molecule has 0 radical (unpaired) electrons. The minimum Gasteiger partial charge on any atom is -0.494 e. The normalized spacial score (nSPS) is 11.3. The molecular weight excluding hydrogens is 302 g/mol. The van der Waals surface area contributed by atoms with Gasteiger partial charge in [0.25, 0.3) is 0 Å². The Morgan fingerprint density at radius 3 is 2.86 bits per heavy atom. The lowest BCUT2D eigenvalue weighted by atomic mass is 10.2. The van der Waals surface area contributed by atoms with Crippen LogP contribution in [-0.2, 0) is 16.6 Å². The van der Waals surface area contributed by atoms with E-state index in [-0.39, 0.29) is 0 Å². The van der Waals surface area contributed by atoms with Crippen LogP contribution in [0.3, 0.4) is 0 Å². The molecule has 0 spiro atoms. The lowest BCUT2D eigenvalue weighted by Crippen LogP contribution is -2.09. The van der Waals surface area contributed by atoms with Gasteiger partial charge in [0.15, 0.2) is 0 Å². The van der Waals surface area contributed by atoms with E-state index in [2.05, 4.69) is 14.3 Å². The van der Waals surface area contributed by atoms with Crippen LogP contribution in [0.1, 0.15) is 19.3 Å². The summed E-state index contributed by atoms with van der Waals surface area (Å²) in [7, 11) is -3.26. The zero-order valence-electron chi connectivity index (χ0n) is 12.6. The quantitative estimate of drug-likeness (QED) is 0.720. The van der Waals surface area contributed by atoms with Gasteiger partial charge in [0.1, 0.15) is 5.75 Å². The summed E-state index contributed by atoms with van der Waals surface area (Å²) in [6.45, 7) is 1.58. The van der Waals surface area contributed by atoms with Crippen LogP contribution in [0.2, 0.25) is 0 Å². The number of rotatable bonds is 9. The fourth-order valence-corrected chi connectivity index (χ4v) is 2.60. The number of aryl methyl sites for hydroxylation is 1. The van der Waals surface area contributed by atoms with Crippen molar-refractivity contribution in [3.63, 3.8) is 0 Å². The molecule has 1 aromatic heterocycles. The van der Waals surface area contributed by atoms with Gasteiger partial charge < -0.3 is 9.30 Å². The summed E-state index contributed by atoms with van der Waals surface area (Å²) in [5.74, 6) is 0.670. The first-order chi connectivity index (χ1) is 10.5. The molecule has 0 saturated carbocycles. The van der Waals surface area contributed by atoms with Crippen molar-refractivity contribution in [1.82, 2.24) is 9.55 Å². The molecule has 0 amide bonds. The minimum atomic E-state index is -3.26. The molecule has 0 atom stereocenters. The van der Waals surface area contributed by atoms with Gasteiger partial charge in [0, 0.05) is 25.0 Å². The summed E-state index contributed by atoms with van der Waals surface area (Å²) < 4.78 is 32.5. The number of sulfonamides is 1. The molecular formula is C15H21N3O3S. The van der Waals surface area contributed by atoms with Crippen LogP contribution in [0.25, 0.3) is 0 Å². The van der Waals surface area contributed by atoms with Crippen molar-refractivity contribution in [3.8, 4) is 5.75 Å². The van der Waals surface area contributed by atoms with Crippen LogP contribution >= 0.6 is 0 Å². The Kier molecular flexibility index (Phi) is 5.83. The topological polar surface area (TPSA) is 73.2 Å². The summed E-state index contributed by atoms with van der Waals surface area (Å²) in [5.41, 5.74) is 0.514. The summed E-state index contributed by atoms with van der Waals surface area (Å²) in [4.78, 5) is 4.00. The van der Waals surface area contributed by atoms with Crippen LogP contribution in [0.4, 0.5) is 5.69 Å². The highest BCUT2D eigenvalue weighted by molar-refractivity contribution is 7.92. The van der Waals surface area contributed by atoms with Crippen LogP contribution in [0.15, 0.2) is 43.0 Å². The van der Waals surface area contributed by atoms with Crippen LogP contribution in [0.5, 0.6) is 5.75 Å². The Morgan fingerprint density at radius 1 is 1.27 bits per heavy atom. The van der Waals surface area contributed by atoms with Crippen molar-refractivity contribution in [2.75, 3.05) is 17.6 Å². The van der Waals surface area contributed by atoms with E-state index < -0.39 is 10.0 Å². The van der Waals surface area contributed by atoms with E-state index in [1.807, 2.05) is 18.6 Å². The van der Waals surface area contributed by atoms with E-state index in [0.717, 1.165) is 32.1 Å². The number of nitrogens with zero attached hydrogens (tertiary/aromatic N) is 2. The van der Waals surface area contributed by atoms with E-state index in [0.29, 0.717) is 18.0 Å². The second kappa shape index (κ2) is 7.84. The number of hydrogen-bond donors (Lipinski definition) is 1. The van der Waals surface area contributed by atoms with Crippen molar-refractivity contribution < 1.29 is 13.2 Å². The van der Waals surface area contributed by atoms with Gasteiger partial charge in [-0.25, -0.2) is 13.4 Å². The van der Waals surface area contributed by atoms with E-state index in [9.17, 15) is 8.42 Å². The molecule has 7 heteroatoms. The van der Waals surface area contributed by atoms with E-state index in [1.165, 1.54) is 0 Å². The molecule has 0 aliphatic heterocycles. The molecule has 6 nitrogen and oxygen atoms in total. The molecule has 2 rings (SSSR count). The standard InChI is InChI=1S/C15H21N3O3S/c1-22(19,20)17-14-6-5-7-15(12-14)21-11-4-2-3-9-18-10-8-16-13-18/h5-8,10,12-13,17H,2-4,9,11H2,1H3. The maximum Gasteiger partial charge on any atom is 0.229 e.